The van der Waals surface area contributed by atoms with Gasteiger partial charge in [0.2, 0.25) is 0 Å². The normalized spacial score (nSPS) is 16.8. The first-order valence-electron chi connectivity index (χ1n) is 8.82. The van der Waals surface area contributed by atoms with Crippen molar-refractivity contribution in [2.24, 2.45) is 7.05 Å². The molecule has 1 aromatic carbocycles. The number of carbonyl (C=O) groups is 3. The fourth-order valence-electron chi connectivity index (χ4n) is 3.35. The average molecular weight is 370 g/mol. The van der Waals surface area contributed by atoms with E-state index in [1.54, 1.807) is 44.3 Å². The molecule has 2 amide bonds. The van der Waals surface area contributed by atoms with Crippen LogP contribution in [0.15, 0.2) is 30.3 Å². The molecule has 27 heavy (non-hydrogen) atoms. The number of benzene rings is 1. The third-order valence-electron chi connectivity index (χ3n) is 4.65. The van der Waals surface area contributed by atoms with E-state index in [1.807, 2.05) is 0 Å². The van der Waals surface area contributed by atoms with Crippen molar-refractivity contribution < 1.29 is 19.5 Å². The highest BCUT2D eigenvalue weighted by Crippen LogP contribution is 2.21. The summed E-state index contributed by atoms with van der Waals surface area (Å²) in [4.78, 5) is 38.1. The highest BCUT2D eigenvalue weighted by atomic mass is 16.4. The van der Waals surface area contributed by atoms with E-state index in [0.29, 0.717) is 29.9 Å². The van der Waals surface area contributed by atoms with E-state index in [0.717, 1.165) is 18.5 Å². The average Bonchev–Trinajstić information content (AvgIpc) is 2.99. The number of nitrogens with zero attached hydrogens (tertiary/aromatic N) is 3. The van der Waals surface area contributed by atoms with Gasteiger partial charge < -0.3 is 15.3 Å². The van der Waals surface area contributed by atoms with E-state index in [-0.39, 0.29) is 11.8 Å². The number of piperidine rings is 1. The Morgan fingerprint density at radius 2 is 2.00 bits per heavy atom. The molecule has 1 atom stereocenters. The van der Waals surface area contributed by atoms with Crippen LogP contribution in [-0.2, 0) is 11.8 Å². The van der Waals surface area contributed by atoms with Crippen LogP contribution in [-0.4, -0.2) is 50.2 Å². The molecule has 1 saturated heterocycles. The molecular weight excluding hydrogens is 348 g/mol. The maximum absolute atomic E-state index is 12.8. The number of nitrogens with one attached hydrogen (secondary N) is 1. The molecule has 2 heterocycles. The summed E-state index contributed by atoms with van der Waals surface area (Å²) in [5.41, 5.74) is 1.96. The summed E-state index contributed by atoms with van der Waals surface area (Å²) in [6.07, 6.45) is 2.03. The Kier molecular flexibility index (Phi) is 5.25. The number of carboxylic acids is 1. The second-order valence-corrected chi connectivity index (χ2v) is 6.68. The minimum atomic E-state index is -0.987. The van der Waals surface area contributed by atoms with Crippen LogP contribution in [0.2, 0.25) is 0 Å². The number of aromatic nitrogens is 2. The summed E-state index contributed by atoms with van der Waals surface area (Å²) in [6, 6.07) is 7.41. The van der Waals surface area contributed by atoms with E-state index in [9.17, 15) is 19.5 Å². The molecule has 1 aliphatic heterocycles. The maximum Gasteiger partial charge on any atom is 0.326 e. The lowest BCUT2D eigenvalue weighted by atomic mass is 10.0. The largest absolute Gasteiger partial charge is 0.480 e. The molecule has 8 nitrogen and oxygen atoms in total. The van der Waals surface area contributed by atoms with Crippen molar-refractivity contribution in [2.45, 2.75) is 32.2 Å². The standard InChI is InChI=1S/C19H22N4O4/c1-12-10-16(22(2)21-12)17(24)20-14-7-5-6-13(11-14)18(25)23-9-4-3-8-15(23)19(26)27/h5-7,10-11,15H,3-4,8-9H2,1-2H3,(H,20,24)(H,26,27). The number of rotatable bonds is 4. The smallest absolute Gasteiger partial charge is 0.326 e. The van der Waals surface area contributed by atoms with Crippen LogP contribution in [0.25, 0.3) is 0 Å². The Labute approximate surface area is 156 Å². The topological polar surface area (TPSA) is 105 Å². The van der Waals surface area contributed by atoms with E-state index in [1.165, 1.54) is 9.58 Å². The van der Waals surface area contributed by atoms with Crippen LogP contribution in [0.3, 0.4) is 0 Å². The minimum Gasteiger partial charge on any atom is -0.480 e. The van der Waals surface area contributed by atoms with Crippen molar-refractivity contribution in [1.82, 2.24) is 14.7 Å². The summed E-state index contributed by atoms with van der Waals surface area (Å²) < 4.78 is 1.49. The number of carbonyl (C=O) groups excluding carboxylic acids is 2. The van der Waals surface area contributed by atoms with Gasteiger partial charge in [0, 0.05) is 24.8 Å². The monoisotopic (exact) mass is 370 g/mol. The molecule has 0 radical (unpaired) electrons. The summed E-state index contributed by atoms with van der Waals surface area (Å²) in [7, 11) is 1.68. The molecule has 3 rings (SSSR count). The molecule has 0 aliphatic carbocycles. The zero-order valence-corrected chi connectivity index (χ0v) is 15.3. The number of likely N-dealkylation sites (tertiary alicyclic amines) is 1. The molecule has 8 heteroatoms. The predicted molar refractivity (Wildman–Crippen MR) is 98.7 cm³/mol. The van der Waals surface area contributed by atoms with E-state index < -0.39 is 12.0 Å². The molecule has 2 N–H and O–H groups in total. The number of aryl methyl sites for hydroxylation is 2. The molecule has 0 spiro atoms. The first-order valence-corrected chi connectivity index (χ1v) is 8.82. The third-order valence-corrected chi connectivity index (χ3v) is 4.65. The van der Waals surface area contributed by atoms with Gasteiger partial charge in [-0.15, -0.1) is 0 Å². The van der Waals surface area contributed by atoms with Crippen LogP contribution in [0.5, 0.6) is 0 Å². The molecule has 1 aromatic heterocycles. The minimum absolute atomic E-state index is 0.330. The van der Waals surface area contributed by atoms with Gasteiger partial charge in [-0.1, -0.05) is 6.07 Å². The van der Waals surface area contributed by atoms with Gasteiger partial charge >= 0.3 is 5.97 Å². The van der Waals surface area contributed by atoms with Gasteiger partial charge in [0.05, 0.1) is 5.69 Å². The Morgan fingerprint density at radius 1 is 1.22 bits per heavy atom. The van der Waals surface area contributed by atoms with Crippen LogP contribution < -0.4 is 5.32 Å². The van der Waals surface area contributed by atoms with Crippen molar-refractivity contribution in [1.29, 1.82) is 0 Å². The number of aliphatic carboxylic acids is 1. The van der Waals surface area contributed by atoms with Gasteiger partial charge in [-0.25, -0.2) is 4.79 Å². The molecule has 0 bridgehead atoms. The van der Waals surface area contributed by atoms with Crippen LogP contribution in [0.1, 0.15) is 45.8 Å². The van der Waals surface area contributed by atoms with Gasteiger partial charge in [-0.3, -0.25) is 14.3 Å². The second-order valence-electron chi connectivity index (χ2n) is 6.68. The Bertz CT molecular complexity index is 890. The quantitative estimate of drug-likeness (QED) is 0.857. The Balaban J connectivity index is 1.78. The van der Waals surface area contributed by atoms with Crippen LogP contribution in [0.4, 0.5) is 5.69 Å². The van der Waals surface area contributed by atoms with E-state index in [4.69, 9.17) is 0 Å². The van der Waals surface area contributed by atoms with Crippen molar-refractivity contribution in [2.75, 3.05) is 11.9 Å². The zero-order valence-electron chi connectivity index (χ0n) is 15.3. The molecule has 1 aliphatic rings. The molecule has 1 fully saturated rings. The number of hydrogen-bond donors (Lipinski definition) is 2. The van der Waals surface area contributed by atoms with Gasteiger partial charge in [-0.05, 0) is 50.5 Å². The summed E-state index contributed by atoms with van der Waals surface area (Å²) >= 11 is 0. The highest BCUT2D eigenvalue weighted by molar-refractivity contribution is 6.04. The SMILES string of the molecule is Cc1cc(C(=O)Nc2cccc(C(=O)N3CCCCC3C(=O)O)c2)n(C)n1. The Morgan fingerprint density at radius 3 is 2.67 bits per heavy atom. The number of hydrogen-bond acceptors (Lipinski definition) is 4. The number of anilines is 1. The summed E-state index contributed by atoms with van der Waals surface area (Å²) in [5.74, 6) is -1.65. The van der Waals surface area contributed by atoms with E-state index >= 15 is 0 Å². The first-order chi connectivity index (χ1) is 12.9. The molecule has 142 valence electrons. The predicted octanol–water partition coefficient (Wildman–Crippen LogP) is 2.06. The fraction of sp³-hybridized carbons (Fsp3) is 0.368. The highest BCUT2D eigenvalue weighted by Gasteiger charge is 2.32. The number of carboxylic acid groups (broad SMARTS) is 1. The molecular formula is C19H22N4O4. The molecule has 0 saturated carbocycles. The second kappa shape index (κ2) is 7.61. The van der Waals surface area contributed by atoms with Crippen molar-refractivity contribution in [3.05, 3.63) is 47.3 Å². The van der Waals surface area contributed by atoms with Crippen molar-refractivity contribution in [3.8, 4) is 0 Å². The van der Waals surface area contributed by atoms with E-state index in [2.05, 4.69) is 10.4 Å². The lowest BCUT2D eigenvalue weighted by Crippen LogP contribution is -2.48. The lowest BCUT2D eigenvalue weighted by molar-refractivity contribution is -0.143. The fourth-order valence-corrected chi connectivity index (χ4v) is 3.35. The van der Waals surface area contributed by atoms with Gasteiger partial charge in [0.15, 0.2) is 0 Å². The van der Waals surface area contributed by atoms with Crippen molar-refractivity contribution >= 4 is 23.5 Å². The summed E-state index contributed by atoms with van der Waals surface area (Å²) in [6.45, 7) is 2.22. The zero-order chi connectivity index (χ0) is 19.6. The van der Waals surface area contributed by atoms with Crippen molar-refractivity contribution in [3.63, 3.8) is 0 Å². The van der Waals surface area contributed by atoms with Gasteiger partial charge in [-0.2, -0.15) is 5.10 Å². The van der Waals surface area contributed by atoms with Gasteiger partial charge in [0.1, 0.15) is 11.7 Å². The molecule has 1 unspecified atom stereocenters. The lowest BCUT2D eigenvalue weighted by Gasteiger charge is -2.33. The summed E-state index contributed by atoms with van der Waals surface area (Å²) in [5, 5.41) is 16.3. The first kappa shape index (κ1) is 18.6. The third kappa shape index (κ3) is 3.99. The number of amides is 2. The Hall–Kier alpha value is -3.16. The van der Waals surface area contributed by atoms with Crippen LogP contribution in [0, 0.1) is 6.92 Å². The van der Waals surface area contributed by atoms with Gasteiger partial charge in [0.25, 0.3) is 11.8 Å². The molecule has 2 aromatic rings. The van der Waals surface area contributed by atoms with Crippen LogP contribution >= 0.6 is 0 Å². The maximum atomic E-state index is 12.8.